The maximum absolute atomic E-state index is 11.8. The van der Waals surface area contributed by atoms with Crippen molar-refractivity contribution < 1.29 is 14.3 Å². The van der Waals surface area contributed by atoms with Crippen molar-refractivity contribution >= 4 is 33.3 Å². The van der Waals surface area contributed by atoms with Gasteiger partial charge >= 0.3 is 0 Å². The summed E-state index contributed by atoms with van der Waals surface area (Å²) >= 11 is 3.28. The van der Waals surface area contributed by atoms with Crippen LogP contribution in [-0.4, -0.2) is 24.3 Å². The Balaban J connectivity index is 2.80. The number of halogens is 1. The molecule has 21 heavy (non-hydrogen) atoms. The van der Waals surface area contributed by atoms with Gasteiger partial charge in [0.1, 0.15) is 0 Å². The summed E-state index contributed by atoms with van der Waals surface area (Å²) in [7, 11) is 0. The standard InChI is InChI=1S/C15H21BrN2O3/c1-8(2)9(3)18-14(20)7-21-15-12(10(4)19)5-11(16)6-13(15)17/h5-6,8-9H,7,17H2,1-4H3,(H,18,20). The summed E-state index contributed by atoms with van der Waals surface area (Å²) in [4.78, 5) is 23.4. The van der Waals surface area contributed by atoms with Crippen LogP contribution in [-0.2, 0) is 4.79 Å². The van der Waals surface area contributed by atoms with E-state index in [4.69, 9.17) is 10.5 Å². The number of ether oxygens (including phenoxy) is 1. The lowest BCUT2D eigenvalue weighted by molar-refractivity contribution is -0.123. The van der Waals surface area contributed by atoms with Crippen LogP contribution < -0.4 is 15.8 Å². The van der Waals surface area contributed by atoms with Crippen LogP contribution in [0, 0.1) is 5.92 Å². The molecule has 1 aromatic carbocycles. The molecule has 0 spiro atoms. The fourth-order valence-corrected chi connectivity index (χ4v) is 2.11. The first kappa shape index (κ1) is 17.5. The molecule has 5 nitrogen and oxygen atoms in total. The molecule has 1 unspecified atom stereocenters. The lowest BCUT2D eigenvalue weighted by atomic mass is 10.1. The van der Waals surface area contributed by atoms with Crippen LogP contribution in [0.25, 0.3) is 0 Å². The van der Waals surface area contributed by atoms with Crippen molar-refractivity contribution in [2.24, 2.45) is 5.92 Å². The number of nitrogens with one attached hydrogen (secondary N) is 1. The molecule has 0 radical (unpaired) electrons. The van der Waals surface area contributed by atoms with Gasteiger partial charge < -0.3 is 15.8 Å². The molecule has 0 aliphatic rings. The Bertz CT molecular complexity index is 544. The van der Waals surface area contributed by atoms with E-state index in [9.17, 15) is 9.59 Å². The number of Topliss-reactive ketones (excluding diaryl/α,β-unsaturated/α-hetero) is 1. The average Bonchev–Trinajstić information content (AvgIpc) is 2.36. The van der Waals surface area contributed by atoms with Gasteiger partial charge in [0.05, 0.1) is 11.3 Å². The first-order valence-electron chi connectivity index (χ1n) is 6.74. The quantitative estimate of drug-likeness (QED) is 0.606. The minimum absolute atomic E-state index is 0.0515. The average molecular weight is 357 g/mol. The highest BCUT2D eigenvalue weighted by Crippen LogP contribution is 2.31. The molecule has 3 N–H and O–H groups in total. The van der Waals surface area contributed by atoms with Gasteiger partial charge in [0.15, 0.2) is 18.1 Å². The Labute approximate surface area is 133 Å². The lowest BCUT2D eigenvalue weighted by Crippen LogP contribution is -2.39. The number of hydrogen-bond acceptors (Lipinski definition) is 4. The van der Waals surface area contributed by atoms with E-state index in [0.29, 0.717) is 21.6 Å². The molecule has 0 aliphatic heterocycles. The number of benzene rings is 1. The molecule has 1 atom stereocenters. The van der Waals surface area contributed by atoms with Crippen LogP contribution in [0.4, 0.5) is 5.69 Å². The SMILES string of the molecule is CC(=O)c1cc(Br)cc(N)c1OCC(=O)NC(C)C(C)C. The minimum atomic E-state index is -0.243. The van der Waals surface area contributed by atoms with Gasteiger partial charge in [-0.3, -0.25) is 9.59 Å². The van der Waals surface area contributed by atoms with Crippen LogP contribution in [0.3, 0.4) is 0 Å². The van der Waals surface area contributed by atoms with E-state index in [1.807, 2.05) is 20.8 Å². The molecule has 1 amide bonds. The first-order chi connectivity index (χ1) is 9.72. The largest absolute Gasteiger partial charge is 0.481 e. The van der Waals surface area contributed by atoms with E-state index in [-0.39, 0.29) is 30.1 Å². The van der Waals surface area contributed by atoms with Crippen LogP contribution >= 0.6 is 15.9 Å². The molecule has 1 aromatic rings. The fourth-order valence-electron chi connectivity index (χ4n) is 1.64. The molecule has 0 saturated heterocycles. The minimum Gasteiger partial charge on any atom is -0.481 e. The van der Waals surface area contributed by atoms with E-state index in [2.05, 4.69) is 21.2 Å². The second-order valence-corrected chi connectivity index (χ2v) is 6.23. The smallest absolute Gasteiger partial charge is 0.258 e. The van der Waals surface area contributed by atoms with Crippen molar-refractivity contribution in [1.82, 2.24) is 5.32 Å². The Morgan fingerprint density at radius 2 is 1.95 bits per heavy atom. The number of nitrogens with two attached hydrogens (primary N) is 1. The van der Waals surface area contributed by atoms with Gasteiger partial charge in [0.2, 0.25) is 0 Å². The Kier molecular flexibility index (Phi) is 6.20. The van der Waals surface area contributed by atoms with Gasteiger partial charge in [0, 0.05) is 10.5 Å². The van der Waals surface area contributed by atoms with E-state index in [1.165, 1.54) is 6.92 Å². The number of carbonyl (C=O) groups excluding carboxylic acids is 2. The number of amides is 1. The predicted octanol–water partition coefficient (Wildman–Crippen LogP) is 2.77. The summed E-state index contributed by atoms with van der Waals surface area (Å²) < 4.78 is 6.14. The summed E-state index contributed by atoms with van der Waals surface area (Å²) in [6, 6.07) is 3.31. The van der Waals surface area contributed by atoms with Crippen molar-refractivity contribution in [2.75, 3.05) is 12.3 Å². The third-order valence-electron chi connectivity index (χ3n) is 3.20. The molecule has 0 saturated carbocycles. The first-order valence-corrected chi connectivity index (χ1v) is 7.53. The zero-order chi connectivity index (χ0) is 16.2. The molecule has 0 aliphatic carbocycles. The van der Waals surface area contributed by atoms with E-state index in [1.54, 1.807) is 12.1 Å². The number of nitrogen functional groups attached to an aromatic ring is 1. The van der Waals surface area contributed by atoms with Gasteiger partial charge in [-0.15, -0.1) is 0 Å². The van der Waals surface area contributed by atoms with Crippen LogP contribution in [0.15, 0.2) is 16.6 Å². The summed E-state index contributed by atoms with van der Waals surface area (Å²) in [6.07, 6.45) is 0. The Morgan fingerprint density at radius 1 is 1.33 bits per heavy atom. The third kappa shape index (κ3) is 5.04. The number of ketones is 1. The van der Waals surface area contributed by atoms with Gasteiger partial charge in [-0.1, -0.05) is 29.8 Å². The van der Waals surface area contributed by atoms with Crippen molar-refractivity contribution in [3.05, 3.63) is 22.2 Å². The molecule has 0 bridgehead atoms. The number of carbonyl (C=O) groups is 2. The summed E-state index contributed by atoms with van der Waals surface area (Å²) in [6.45, 7) is 7.22. The monoisotopic (exact) mass is 356 g/mol. The topological polar surface area (TPSA) is 81.4 Å². The second-order valence-electron chi connectivity index (χ2n) is 5.32. The zero-order valence-corrected chi connectivity index (χ0v) is 14.3. The lowest BCUT2D eigenvalue weighted by Gasteiger charge is -2.18. The Morgan fingerprint density at radius 3 is 2.48 bits per heavy atom. The highest BCUT2D eigenvalue weighted by molar-refractivity contribution is 9.10. The zero-order valence-electron chi connectivity index (χ0n) is 12.7. The van der Waals surface area contributed by atoms with E-state index in [0.717, 1.165) is 0 Å². The van der Waals surface area contributed by atoms with Crippen LogP contribution in [0.5, 0.6) is 5.75 Å². The molecule has 0 heterocycles. The molecule has 6 heteroatoms. The van der Waals surface area contributed by atoms with Gasteiger partial charge in [0.25, 0.3) is 5.91 Å². The van der Waals surface area contributed by atoms with E-state index < -0.39 is 0 Å². The molecule has 0 aromatic heterocycles. The van der Waals surface area contributed by atoms with Crippen LogP contribution in [0.2, 0.25) is 0 Å². The Hall–Kier alpha value is -1.56. The molecule has 1 rings (SSSR count). The van der Waals surface area contributed by atoms with Crippen molar-refractivity contribution in [3.63, 3.8) is 0 Å². The molecular formula is C15H21BrN2O3. The second kappa shape index (κ2) is 7.45. The van der Waals surface area contributed by atoms with Gasteiger partial charge in [-0.05, 0) is 31.9 Å². The highest BCUT2D eigenvalue weighted by atomic mass is 79.9. The summed E-state index contributed by atoms with van der Waals surface area (Å²) in [5, 5.41) is 2.83. The number of rotatable bonds is 6. The van der Waals surface area contributed by atoms with Crippen molar-refractivity contribution in [1.29, 1.82) is 0 Å². The third-order valence-corrected chi connectivity index (χ3v) is 3.66. The predicted molar refractivity (Wildman–Crippen MR) is 86.5 cm³/mol. The summed E-state index contributed by atoms with van der Waals surface area (Å²) in [5.74, 6) is 0.166. The van der Waals surface area contributed by atoms with Crippen molar-refractivity contribution in [3.8, 4) is 5.75 Å². The van der Waals surface area contributed by atoms with Gasteiger partial charge in [-0.25, -0.2) is 0 Å². The maximum atomic E-state index is 11.8. The highest BCUT2D eigenvalue weighted by Gasteiger charge is 2.16. The number of hydrogen-bond donors (Lipinski definition) is 2. The van der Waals surface area contributed by atoms with Crippen molar-refractivity contribution in [2.45, 2.75) is 33.7 Å². The fraction of sp³-hybridized carbons (Fsp3) is 0.467. The van der Waals surface area contributed by atoms with Gasteiger partial charge in [-0.2, -0.15) is 0 Å². The summed E-state index contributed by atoms with van der Waals surface area (Å²) in [5.41, 5.74) is 6.53. The van der Waals surface area contributed by atoms with E-state index >= 15 is 0 Å². The maximum Gasteiger partial charge on any atom is 0.258 e. The molecule has 0 fully saturated rings. The molecule has 116 valence electrons. The number of anilines is 1. The normalized spacial score (nSPS) is 12.1. The molecular weight excluding hydrogens is 336 g/mol. The van der Waals surface area contributed by atoms with Crippen LogP contribution in [0.1, 0.15) is 38.1 Å².